The molecule has 0 aliphatic heterocycles. The van der Waals surface area contributed by atoms with E-state index >= 15 is 0 Å². The average Bonchev–Trinajstić information content (AvgIpc) is 2.83. The minimum Gasteiger partial charge on any atom is -0.467 e. The second-order valence-corrected chi connectivity index (χ2v) is 7.22. The second kappa shape index (κ2) is 8.83. The Balaban J connectivity index is 2.78. The predicted octanol–water partition coefficient (Wildman–Crippen LogP) is 2.23. The van der Waals surface area contributed by atoms with Crippen LogP contribution in [0.3, 0.4) is 0 Å². The van der Waals surface area contributed by atoms with Gasteiger partial charge in [0.05, 0.1) is 13.7 Å². The van der Waals surface area contributed by atoms with Gasteiger partial charge in [-0.15, -0.1) is 0 Å². The van der Waals surface area contributed by atoms with E-state index in [0.717, 1.165) is 4.57 Å². The van der Waals surface area contributed by atoms with Crippen LogP contribution >= 0.6 is 0 Å². The molecule has 0 aliphatic rings. The van der Waals surface area contributed by atoms with Gasteiger partial charge in [-0.1, -0.05) is 11.2 Å². The highest BCUT2D eigenvalue weighted by molar-refractivity contribution is 5.85. The minimum absolute atomic E-state index is 0.0594. The zero-order valence-corrected chi connectivity index (χ0v) is 16.4. The maximum absolute atomic E-state index is 14.1. The fraction of sp³-hybridized carbons (Fsp3) is 0.647. The van der Waals surface area contributed by atoms with Gasteiger partial charge in [-0.2, -0.15) is 0 Å². The number of carbonyl (C=O) groups is 2. The first kappa shape index (κ1) is 22.4. The molecule has 0 saturated heterocycles. The lowest BCUT2D eigenvalue weighted by atomic mass is 9.95. The molecular formula is C17H26FN3O6. The van der Waals surface area contributed by atoms with Gasteiger partial charge >= 0.3 is 17.8 Å². The van der Waals surface area contributed by atoms with Crippen LogP contribution in [-0.4, -0.2) is 40.0 Å². The molecule has 0 bridgehead atoms. The van der Waals surface area contributed by atoms with Crippen molar-refractivity contribution in [1.82, 2.24) is 15.0 Å². The molecule has 152 valence electrons. The number of nitrogens with one attached hydrogen (secondary N) is 1. The lowest BCUT2D eigenvalue weighted by molar-refractivity contribution is -0.148. The number of nitrogens with zero attached hydrogens (tertiary/aromatic N) is 2. The Morgan fingerprint density at radius 1 is 1.33 bits per heavy atom. The van der Waals surface area contributed by atoms with E-state index in [9.17, 15) is 18.8 Å². The number of aryl methyl sites for hydroxylation is 1. The molecule has 0 aromatic carbocycles. The van der Waals surface area contributed by atoms with E-state index in [1.54, 1.807) is 20.8 Å². The maximum atomic E-state index is 14.1. The highest BCUT2D eigenvalue weighted by Crippen LogP contribution is 2.18. The van der Waals surface area contributed by atoms with Crippen molar-refractivity contribution >= 4 is 12.1 Å². The van der Waals surface area contributed by atoms with Crippen LogP contribution in [0.5, 0.6) is 0 Å². The molecule has 1 rings (SSSR count). The fourth-order valence-corrected chi connectivity index (χ4v) is 2.22. The predicted molar refractivity (Wildman–Crippen MR) is 93.7 cm³/mol. The monoisotopic (exact) mass is 387 g/mol. The van der Waals surface area contributed by atoms with Crippen molar-refractivity contribution in [3.63, 3.8) is 0 Å². The zero-order chi connectivity index (χ0) is 20.8. The van der Waals surface area contributed by atoms with Crippen LogP contribution in [0.1, 0.15) is 46.4 Å². The van der Waals surface area contributed by atoms with Crippen LogP contribution in [0.4, 0.5) is 9.18 Å². The molecule has 0 aliphatic carbocycles. The van der Waals surface area contributed by atoms with Gasteiger partial charge in [-0.05, 0) is 47.5 Å². The van der Waals surface area contributed by atoms with E-state index in [2.05, 4.69) is 15.0 Å². The summed E-state index contributed by atoms with van der Waals surface area (Å²) in [6.07, 6.45) is 0.596. The summed E-state index contributed by atoms with van der Waals surface area (Å²) < 4.78 is 29.4. The number of esters is 1. The molecule has 1 aromatic heterocycles. The van der Waals surface area contributed by atoms with E-state index in [1.165, 1.54) is 27.0 Å². The number of hydrogen-bond acceptors (Lipinski definition) is 7. The third kappa shape index (κ3) is 6.87. The van der Waals surface area contributed by atoms with Gasteiger partial charge in [-0.3, -0.25) is 9.09 Å². The number of carbonyl (C=O) groups excluding carboxylic acids is 2. The van der Waals surface area contributed by atoms with Crippen LogP contribution in [0, 0.1) is 6.92 Å². The topological polar surface area (TPSA) is 113 Å². The quantitative estimate of drug-likeness (QED) is 0.714. The van der Waals surface area contributed by atoms with Crippen LogP contribution in [0.2, 0.25) is 0 Å². The summed E-state index contributed by atoms with van der Waals surface area (Å²) in [6.45, 7) is 7.71. The van der Waals surface area contributed by atoms with E-state index in [-0.39, 0.29) is 25.2 Å². The molecule has 10 heteroatoms. The Labute approximate surface area is 156 Å². The Hall–Kier alpha value is -2.65. The number of aromatic nitrogens is 2. The third-order valence-electron chi connectivity index (χ3n) is 3.60. The highest BCUT2D eigenvalue weighted by atomic mass is 19.1. The number of hydrogen-bond donors (Lipinski definition) is 1. The lowest BCUT2D eigenvalue weighted by Gasteiger charge is -2.29. The maximum Gasteiger partial charge on any atom is 0.441 e. The summed E-state index contributed by atoms with van der Waals surface area (Å²) in [5.41, 5.74) is -2.14. The molecule has 1 aromatic rings. The molecule has 0 spiro atoms. The van der Waals surface area contributed by atoms with Crippen LogP contribution in [0.15, 0.2) is 21.2 Å². The number of ether oxygens (including phenoxy) is 2. The molecule has 0 saturated carbocycles. The number of halogens is 1. The number of rotatable bonds is 7. The van der Waals surface area contributed by atoms with Gasteiger partial charge in [0.2, 0.25) is 0 Å². The SMILES string of the molecule is COC(=O)[C@](C)(CC/C=C(\F)Cn1c(C)noc1=O)NC(=O)OC(C)(C)C. The van der Waals surface area contributed by atoms with Crippen molar-refractivity contribution < 1.29 is 28.0 Å². The summed E-state index contributed by atoms with van der Waals surface area (Å²) in [4.78, 5) is 35.5. The van der Waals surface area contributed by atoms with Gasteiger partial charge in [0, 0.05) is 0 Å². The Morgan fingerprint density at radius 3 is 2.44 bits per heavy atom. The molecular weight excluding hydrogens is 361 g/mol. The molecule has 0 unspecified atom stereocenters. The fourth-order valence-electron chi connectivity index (χ4n) is 2.22. The molecule has 0 fully saturated rings. The highest BCUT2D eigenvalue weighted by Gasteiger charge is 2.37. The zero-order valence-electron chi connectivity index (χ0n) is 16.4. The second-order valence-electron chi connectivity index (χ2n) is 7.22. The number of allylic oxidation sites excluding steroid dienone is 2. The van der Waals surface area contributed by atoms with Crippen LogP contribution < -0.4 is 11.1 Å². The first-order chi connectivity index (χ1) is 12.4. The smallest absolute Gasteiger partial charge is 0.441 e. The molecule has 1 atom stereocenters. The van der Waals surface area contributed by atoms with Crippen molar-refractivity contribution in [1.29, 1.82) is 0 Å². The van der Waals surface area contributed by atoms with E-state index < -0.39 is 34.8 Å². The van der Waals surface area contributed by atoms with Crippen molar-refractivity contribution in [2.45, 2.75) is 65.1 Å². The standard InChI is InChI=1S/C17H26FN3O6/c1-11-20-27-15(24)21(11)10-12(18)8-7-9-17(5,13(22)25-6)19-14(23)26-16(2,3)4/h8H,7,9-10H2,1-6H3,(H,19,23)/b12-8-/t17-/m0/s1. The van der Waals surface area contributed by atoms with Crippen molar-refractivity contribution in [2.24, 2.45) is 0 Å². The van der Waals surface area contributed by atoms with Crippen molar-refractivity contribution in [3.8, 4) is 0 Å². The third-order valence-corrected chi connectivity index (χ3v) is 3.60. The van der Waals surface area contributed by atoms with Crippen LogP contribution in [0.25, 0.3) is 0 Å². The summed E-state index contributed by atoms with van der Waals surface area (Å²) in [5.74, 6) is -1.81. The van der Waals surface area contributed by atoms with Gasteiger partial charge in [0.1, 0.15) is 17.0 Å². The first-order valence-electron chi connectivity index (χ1n) is 8.35. The molecule has 27 heavy (non-hydrogen) atoms. The van der Waals surface area contributed by atoms with Gasteiger partial charge in [0.25, 0.3) is 0 Å². The van der Waals surface area contributed by atoms with E-state index in [0.29, 0.717) is 0 Å². The minimum atomic E-state index is -1.40. The molecule has 1 amide bonds. The van der Waals surface area contributed by atoms with Gasteiger partial charge in [-0.25, -0.2) is 18.8 Å². The summed E-state index contributed by atoms with van der Waals surface area (Å²) in [7, 11) is 1.19. The van der Waals surface area contributed by atoms with Gasteiger partial charge in [0.15, 0.2) is 5.82 Å². The molecule has 1 N–H and O–H groups in total. The normalized spacial score (nSPS) is 14.4. The molecule has 1 heterocycles. The van der Waals surface area contributed by atoms with Crippen molar-refractivity contribution in [3.05, 3.63) is 28.3 Å². The number of alkyl carbamates (subject to hydrolysis) is 1. The molecule has 0 radical (unpaired) electrons. The Bertz CT molecular complexity index is 761. The van der Waals surface area contributed by atoms with Crippen molar-refractivity contribution in [2.75, 3.05) is 7.11 Å². The van der Waals surface area contributed by atoms with Crippen LogP contribution in [-0.2, 0) is 20.8 Å². The largest absolute Gasteiger partial charge is 0.467 e. The first-order valence-corrected chi connectivity index (χ1v) is 8.35. The number of amides is 1. The Morgan fingerprint density at radius 2 is 1.96 bits per heavy atom. The summed E-state index contributed by atoms with van der Waals surface area (Å²) in [5, 5.41) is 5.91. The summed E-state index contributed by atoms with van der Waals surface area (Å²) in [6, 6.07) is 0. The van der Waals surface area contributed by atoms with E-state index in [1.807, 2.05) is 0 Å². The average molecular weight is 387 g/mol. The number of methoxy groups -OCH3 is 1. The molecule has 9 nitrogen and oxygen atoms in total. The van der Waals surface area contributed by atoms with E-state index in [4.69, 9.17) is 9.47 Å². The Kier molecular flexibility index (Phi) is 7.32. The summed E-state index contributed by atoms with van der Waals surface area (Å²) >= 11 is 0. The lowest BCUT2D eigenvalue weighted by Crippen LogP contribution is -2.53. The van der Waals surface area contributed by atoms with Gasteiger partial charge < -0.3 is 14.8 Å².